The van der Waals surface area contributed by atoms with Gasteiger partial charge in [0.2, 0.25) is 0 Å². The molecule has 0 unspecified atom stereocenters. The highest BCUT2D eigenvalue weighted by Crippen LogP contribution is 2.42. The Kier molecular flexibility index (Phi) is 8.90. The van der Waals surface area contributed by atoms with E-state index in [1.165, 1.54) is 0 Å². The van der Waals surface area contributed by atoms with E-state index in [9.17, 15) is 10.1 Å². The van der Waals surface area contributed by atoms with E-state index in [1.807, 2.05) is 20.8 Å². The SMILES string of the molecule is CC(C)(C)OC(=O)N1[C@H](CO[Si](C)(C)C(C)(C)C)C[C@@H](O[Si](C)(C)C(C)(C)C)[C@@H]1CC#N. The molecule has 0 aromatic carbocycles. The smallest absolute Gasteiger partial charge is 0.410 e. The first-order chi connectivity index (χ1) is 14.1. The highest BCUT2D eigenvalue weighted by atomic mass is 28.4. The van der Waals surface area contributed by atoms with Gasteiger partial charge in [0.25, 0.3) is 0 Å². The monoisotopic (exact) mass is 484 g/mol. The zero-order chi connectivity index (χ0) is 25.3. The third kappa shape index (κ3) is 7.31. The second-order valence-corrected chi connectivity index (χ2v) is 22.8. The summed E-state index contributed by atoms with van der Waals surface area (Å²) in [5.41, 5.74) is -0.614. The molecule has 0 aliphatic carbocycles. The Labute approximate surface area is 199 Å². The van der Waals surface area contributed by atoms with Crippen LogP contribution in [0.1, 0.15) is 75.2 Å². The molecule has 1 fully saturated rings. The van der Waals surface area contributed by atoms with Gasteiger partial charge in [-0.15, -0.1) is 0 Å². The maximum atomic E-state index is 13.3. The zero-order valence-electron chi connectivity index (χ0n) is 22.9. The molecule has 0 spiro atoms. The van der Waals surface area contributed by atoms with E-state index >= 15 is 0 Å². The van der Waals surface area contributed by atoms with Crippen LogP contribution in [-0.2, 0) is 13.6 Å². The van der Waals surface area contributed by atoms with Crippen LogP contribution in [0.3, 0.4) is 0 Å². The summed E-state index contributed by atoms with van der Waals surface area (Å²) in [6.07, 6.45) is 0.293. The molecule has 3 atom stereocenters. The molecule has 1 heterocycles. The van der Waals surface area contributed by atoms with Gasteiger partial charge >= 0.3 is 6.09 Å². The quantitative estimate of drug-likeness (QED) is 0.393. The van der Waals surface area contributed by atoms with Gasteiger partial charge in [-0.3, -0.25) is 4.90 Å². The lowest BCUT2D eigenvalue weighted by Gasteiger charge is -2.40. The maximum absolute atomic E-state index is 13.3. The van der Waals surface area contributed by atoms with Crippen molar-refractivity contribution in [3.8, 4) is 6.07 Å². The van der Waals surface area contributed by atoms with Crippen LogP contribution in [0.15, 0.2) is 0 Å². The molecule has 8 heteroatoms. The number of amides is 1. The van der Waals surface area contributed by atoms with Gasteiger partial charge in [0.05, 0.1) is 37.3 Å². The van der Waals surface area contributed by atoms with E-state index in [1.54, 1.807) is 4.90 Å². The summed E-state index contributed by atoms with van der Waals surface area (Å²) in [4.78, 5) is 15.0. The minimum absolute atomic E-state index is 0.0384. The Bertz CT molecular complexity index is 697. The number of nitrogens with zero attached hydrogens (tertiary/aromatic N) is 2. The van der Waals surface area contributed by atoms with Gasteiger partial charge in [0.1, 0.15) is 5.60 Å². The second kappa shape index (κ2) is 9.77. The molecule has 0 aromatic heterocycles. The fraction of sp³-hybridized carbons (Fsp3) is 0.917. The van der Waals surface area contributed by atoms with Crippen LogP contribution < -0.4 is 0 Å². The zero-order valence-corrected chi connectivity index (χ0v) is 24.9. The molecule has 0 bridgehead atoms. The van der Waals surface area contributed by atoms with Crippen molar-refractivity contribution in [1.29, 1.82) is 5.26 Å². The lowest BCUT2D eigenvalue weighted by molar-refractivity contribution is 0.00568. The lowest BCUT2D eigenvalue weighted by atomic mass is 10.1. The average Bonchev–Trinajstić information content (AvgIpc) is 2.86. The first-order valence-corrected chi connectivity index (χ1v) is 17.6. The Balaban J connectivity index is 3.28. The predicted octanol–water partition coefficient (Wildman–Crippen LogP) is 6.69. The summed E-state index contributed by atoms with van der Waals surface area (Å²) in [5, 5.41) is 9.70. The van der Waals surface area contributed by atoms with Crippen LogP contribution in [0.2, 0.25) is 36.3 Å². The average molecular weight is 485 g/mol. The second-order valence-electron chi connectivity index (χ2n) is 13.2. The molecule has 0 N–H and O–H groups in total. The maximum Gasteiger partial charge on any atom is 0.410 e. The van der Waals surface area contributed by atoms with E-state index < -0.39 is 22.2 Å². The molecule has 6 nitrogen and oxygen atoms in total. The van der Waals surface area contributed by atoms with Gasteiger partial charge in [-0.1, -0.05) is 41.5 Å². The number of rotatable bonds is 6. The Hall–Kier alpha value is -0.886. The van der Waals surface area contributed by atoms with Gasteiger partial charge in [0, 0.05) is 0 Å². The molecule has 0 radical (unpaired) electrons. The van der Waals surface area contributed by atoms with Crippen LogP contribution in [0.25, 0.3) is 0 Å². The summed E-state index contributed by atoms with van der Waals surface area (Å²) in [6.45, 7) is 28.2. The molecular formula is C24H48N2O4Si2. The van der Waals surface area contributed by atoms with Crippen LogP contribution >= 0.6 is 0 Å². The largest absolute Gasteiger partial charge is 0.444 e. The van der Waals surface area contributed by atoms with Crippen LogP contribution in [0.4, 0.5) is 4.79 Å². The molecule has 0 aromatic rings. The molecule has 1 saturated heterocycles. The topological polar surface area (TPSA) is 71.8 Å². The summed E-state index contributed by atoms with van der Waals surface area (Å²) < 4.78 is 19.0. The molecule has 186 valence electrons. The van der Waals surface area contributed by atoms with Gasteiger partial charge in [-0.25, -0.2) is 4.79 Å². The molecule has 1 aliphatic rings. The molecule has 1 amide bonds. The summed E-state index contributed by atoms with van der Waals surface area (Å²) in [6, 6.07) is 1.77. The van der Waals surface area contributed by atoms with E-state index in [4.69, 9.17) is 13.6 Å². The fourth-order valence-corrected chi connectivity index (χ4v) is 5.67. The number of carbonyl (C=O) groups excluding carboxylic acids is 1. The predicted molar refractivity (Wildman–Crippen MR) is 136 cm³/mol. The molecule has 1 rings (SSSR count). The third-order valence-corrected chi connectivity index (χ3v) is 16.3. The molecule has 32 heavy (non-hydrogen) atoms. The van der Waals surface area contributed by atoms with Crippen molar-refractivity contribution in [2.75, 3.05) is 6.61 Å². The van der Waals surface area contributed by atoms with Crippen molar-refractivity contribution >= 4 is 22.7 Å². The first kappa shape index (κ1) is 29.1. The third-order valence-electron chi connectivity index (χ3n) is 7.28. The summed E-state index contributed by atoms with van der Waals surface area (Å²) in [7, 11) is -4.09. The van der Waals surface area contributed by atoms with E-state index in [0.717, 1.165) is 0 Å². The molecular weight excluding hydrogens is 436 g/mol. The van der Waals surface area contributed by atoms with Crippen LogP contribution in [-0.4, -0.2) is 58.0 Å². The van der Waals surface area contributed by atoms with Crippen molar-refractivity contribution < 1.29 is 18.4 Å². The lowest BCUT2D eigenvalue weighted by Crippen LogP contribution is -2.51. The van der Waals surface area contributed by atoms with Crippen molar-refractivity contribution in [3.63, 3.8) is 0 Å². The highest BCUT2D eigenvalue weighted by molar-refractivity contribution is 6.74. The van der Waals surface area contributed by atoms with E-state index in [-0.39, 0.29) is 40.8 Å². The number of nitriles is 1. The minimum Gasteiger partial charge on any atom is -0.444 e. The Morgan fingerprint density at radius 3 is 1.88 bits per heavy atom. The van der Waals surface area contributed by atoms with Crippen molar-refractivity contribution in [3.05, 3.63) is 0 Å². The van der Waals surface area contributed by atoms with E-state index in [2.05, 4.69) is 73.8 Å². The van der Waals surface area contributed by atoms with Gasteiger partial charge in [-0.05, 0) is 63.5 Å². The minimum atomic E-state index is -2.09. The van der Waals surface area contributed by atoms with Crippen LogP contribution in [0.5, 0.6) is 0 Å². The van der Waals surface area contributed by atoms with Crippen LogP contribution in [0, 0.1) is 11.3 Å². The van der Waals surface area contributed by atoms with Gasteiger partial charge < -0.3 is 13.6 Å². The van der Waals surface area contributed by atoms with Crippen molar-refractivity contribution in [2.24, 2.45) is 0 Å². The standard InChI is InChI=1S/C24H48N2O4Si2/c1-22(2,3)29-21(27)26-18(17-28-31(10,11)23(4,5)6)16-20(19(26)14-15-25)30-32(12,13)24(7,8)9/h18-20H,14,16-17H2,1-13H3/t18-,19-,20+/m0/s1. The van der Waals surface area contributed by atoms with Crippen molar-refractivity contribution in [1.82, 2.24) is 4.90 Å². The fourth-order valence-electron chi connectivity index (χ4n) is 3.26. The molecule has 0 saturated carbocycles. The summed E-state index contributed by atoms with van der Waals surface area (Å²) >= 11 is 0. The normalized spacial score (nSPS) is 23.2. The molecule has 1 aliphatic heterocycles. The number of ether oxygens (including phenoxy) is 1. The first-order valence-electron chi connectivity index (χ1n) is 11.8. The highest BCUT2D eigenvalue weighted by Gasteiger charge is 2.50. The Morgan fingerprint density at radius 1 is 0.969 bits per heavy atom. The Morgan fingerprint density at radius 2 is 1.47 bits per heavy atom. The van der Waals surface area contributed by atoms with Gasteiger partial charge in [-0.2, -0.15) is 5.26 Å². The van der Waals surface area contributed by atoms with Gasteiger partial charge in [0.15, 0.2) is 16.6 Å². The number of likely N-dealkylation sites (tertiary alicyclic amines) is 1. The number of hydrogen-bond acceptors (Lipinski definition) is 5. The number of hydrogen-bond donors (Lipinski definition) is 0. The van der Waals surface area contributed by atoms with E-state index in [0.29, 0.717) is 13.0 Å². The number of carbonyl (C=O) groups is 1. The summed E-state index contributed by atoms with van der Waals surface area (Å²) in [5.74, 6) is 0. The van der Waals surface area contributed by atoms with Crippen molar-refractivity contribution in [2.45, 2.75) is 135 Å².